The maximum Gasteiger partial charge on any atom is 0.236 e. The number of likely N-dealkylation sites (tertiary alicyclic amines) is 1. The second-order valence-corrected chi connectivity index (χ2v) is 5.47. The van der Waals surface area contributed by atoms with Crippen molar-refractivity contribution in [3.05, 3.63) is 0 Å². The zero-order valence-corrected chi connectivity index (χ0v) is 11.4. The van der Waals surface area contributed by atoms with E-state index in [0.717, 1.165) is 6.54 Å². The third kappa shape index (κ3) is 3.80. The summed E-state index contributed by atoms with van der Waals surface area (Å²) in [5, 5.41) is 0. The fourth-order valence-electron chi connectivity index (χ4n) is 2.47. The molecule has 0 aromatic carbocycles. The van der Waals surface area contributed by atoms with Gasteiger partial charge in [-0.1, -0.05) is 13.3 Å². The van der Waals surface area contributed by atoms with Crippen LogP contribution in [0.5, 0.6) is 0 Å². The number of ketones is 1. The molecule has 2 fully saturated rings. The second kappa shape index (κ2) is 6.32. The van der Waals surface area contributed by atoms with Crippen molar-refractivity contribution in [3.8, 4) is 0 Å². The van der Waals surface area contributed by atoms with E-state index in [9.17, 15) is 9.59 Å². The first kappa shape index (κ1) is 13.5. The minimum atomic E-state index is 0.213. The molecule has 1 aliphatic carbocycles. The molecule has 0 aromatic heterocycles. The van der Waals surface area contributed by atoms with E-state index in [1.807, 2.05) is 4.90 Å². The lowest BCUT2D eigenvalue weighted by Gasteiger charge is -2.29. The number of carbonyl (C=O) groups is 2. The first-order chi connectivity index (χ1) is 8.70. The number of hydrogen-bond donors (Lipinski definition) is 0. The van der Waals surface area contributed by atoms with E-state index in [-0.39, 0.29) is 5.91 Å². The molecule has 2 rings (SSSR count). The molecular formula is C14H24N2O2. The summed E-state index contributed by atoms with van der Waals surface area (Å²) in [6.45, 7) is 5.04. The summed E-state index contributed by atoms with van der Waals surface area (Å²) in [4.78, 5) is 27.5. The average Bonchev–Trinajstić information content (AvgIpc) is 3.19. The van der Waals surface area contributed by atoms with E-state index in [1.165, 1.54) is 25.7 Å². The quantitative estimate of drug-likeness (QED) is 0.718. The van der Waals surface area contributed by atoms with Crippen molar-refractivity contribution < 1.29 is 9.59 Å². The Morgan fingerprint density at radius 1 is 1.33 bits per heavy atom. The Morgan fingerprint density at radius 2 is 2.00 bits per heavy atom. The Balaban J connectivity index is 1.78. The highest BCUT2D eigenvalue weighted by Gasteiger charge is 2.31. The van der Waals surface area contributed by atoms with Crippen molar-refractivity contribution in [2.75, 3.05) is 26.2 Å². The Hall–Kier alpha value is -0.900. The van der Waals surface area contributed by atoms with E-state index in [2.05, 4.69) is 11.8 Å². The van der Waals surface area contributed by atoms with Crippen LogP contribution in [0.25, 0.3) is 0 Å². The van der Waals surface area contributed by atoms with Gasteiger partial charge in [0, 0.05) is 32.0 Å². The second-order valence-electron chi connectivity index (χ2n) is 5.47. The Bertz CT molecular complexity index is 303. The van der Waals surface area contributed by atoms with Gasteiger partial charge in [-0.15, -0.1) is 0 Å². The molecule has 1 saturated carbocycles. The fourth-order valence-corrected chi connectivity index (χ4v) is 2.47. The molecule has 0 radical (unpaired) electrons. The van der Waals surface area contributed by atoms with E-state index in [4.69, 9.17) is 0 Å². The third-order valence-corrected chi connectivity index (χ3v) is 3.87. The predicted octanol–water partition coefficient (Wildman–Crippen LogP) is 1.44. The molecule has 18 heavy (non-hydrogen) atoms. The van der Waals surface area contributed by atoms with Gasteiger partial charge in [0.1, 0.15) is 5.78 Å². The molecule has 1 amide bonds. The number of piperidine rings is 1. The molecule has 0 atom stereocenters. The highest BCUT2D eigenvalue weighted by Crippen LogP contribution is 2.27. The topological polar surface area (TPSA) is 40.6 Å². The van der Waals surface area contributed by atoms with Gasteiger partial charge in [0.25, 0.3) is 0 Å². The molecule has 0 bridgehead atoms. The number of nitrogens with zero attached hydrogens (tertiary/aromatic N) is 2. The van der Waals surface area contributed by atoms with E-state index >= 15 is 0 Å². The maximum atomic E-state index is 12.2. The molecule has 4 nitrogen and oxygen atoms in total. The molecule has 4 heteroatoms. The normalized spacial score (nSPS) is 20.6. The molecule has 0 spiro atoms. The third-order valence-electron chi connectivity index (χ3n) is 3.87. The van der Waals surface area contributed by atoms with Crippen molar-refractivity contribution in [2.45, 2.75) is 51.5 Å². The summed E-state index contributed by atoms with van der Waals surface area (Å²) in [6, 6.07) is 0.645. The number of unbranched alkanes of at least 4 members (excludes halogenated alkanes) is 1. The summed E-state index contributed by atoms with van der Waals surface area (Å²) in [5.74, 6) is 0.509. The van der Waals surface area contributed by atoms with Crippen LogP contribution in [0.2, 0.25) is 0 Å². The predicted molar refractivity (Wildman–Crippen MR) is 70.3 cm³/mol. The Labute approximate surface area is 109 Å². The minimum absolute atomic E-state index is 0.213. The van der Waals surface area contributed by atoms with Crippen LogP contribution in [0, 0.1) is 0 Å². The summed E-state index contributed by atoms with van der Waals surface area (Å²) < 4.78 is 0. The van der Waals surface area contributed by atoms with Crippen LogP contribution in [0.3, 0.4) is 0 Å². The van der Waals surface area contributed by atoms with Gasteiger partial charge in [0.2, 0.25) is 5.91 Å². The Morgan fingerprint density at radius 3 is 2.56 bits per heavy atom. The number of hydrogen-bond acceptors (Lipinski definition) is 3. The van der Waals surface area contributed by atoms with E-state index in [0.29, 0.717) is 44.3 Å². The highest BCUT2D eigenvalue weighted by atomic mass is 16.2. The van der Waals surface area contributed by atoms with Crippen molar-refractivity contribution in [3.63, 3.8) is 0 Å². The van der Waals surface area contributed by atoms with Crippen molar-refractivity contribution in [1.29, 1.82) is 0 Å². The molecule has 2 aliphatic rings. The summed E-state index contributed by atoms with van der Waals surface area (Å²) in [6.07, 6.45) is 5.93. The lowest BCUT2D eigenvalue weighted by Crippen LogP contribution is -2.45. The van der Waals surface area contributed by atoms with Gasteiger partial charge in [-0.2, -0.15) is 0 Å². The summed E-state index contributed by atoms with van der Waals surface area (Å²) >= 11 is 0. The van der Waals surface area contributed by atoms with Crippen LogP contribution >= 0.6 is 0 Å². The fraction of sp³-hybridized carbons (Fsp3) is 0.857. The molecule has 0 N–H and O–H groups in total. The first-order valence-electron chi connectivity index (χ1n) is 7.24. The standard InChI is InChI=1S/C14H24N2O2/c1-2-3-8-16(12-4-5-12)11-14(18)15-9-6-13(17)7-10-15/h12H,2-11H2,1H3. The minimum Gasteiger partial charge on any atom is -0.341 e. The lowest BCUT2D eigenvalue weighted by atomic mass is 10.1. The van der Waals surface area contributed by atoms with Crippen molar-refractivity contribution in [2.24, 2.45) is 0 Å². The van der Waals surface area contributed by atoms with Crippen LogP contribution in [0.1, 0.15) is 45.4 Å². The number of Topliss-reactive ketones (excluding diaryl/α,β-unsaturated/α-hetero) is 1. The van der Waals surface area contributed by atoms with Gasteiger partial charge in [-0.25, -0.2) is 0 Å². The van der Waals surface area contributed by atoms with Gasteiger partial charge in [-0.05, 0) is 25.8 Å². The molecular weight excluding hydrogens is 228 g/mol. The van der Waals surface area contributed by atoms with Crippen LogP contribution in [0.15, 0.2) is 0 Å². The zero-order valence-electron chi connectivity index (χ0n) is 11.4. The molecule has 1 aliphatic heterocycles. The average molecular weight is 252 g/mol. The molecule has 1 saturated heterocycles. The summed E-state index contributed by atoms with van der Waals surface area (Å²) in [7, 11) is 0. The van der Waals surface area contributed by atoms with Crippen LogP contribution < -0.4 is 0 Å². The molecule has 102 valence electrons. The lowest BCUT2D eigenvalue weighted by molar-refractivity contribution is -0.135. The van der Waals surface area contributed by atoms with Crippen LogP contribution in [0.4, 0.5) is 0 Å². The maximum absolute atomic E-state index is 12.2. The van der Waals surface area contributed by atoms with Gasteiger partial charge < -0.3 is 4.90 Å². The molecule has 1 heterocycles. The van der Waals surface area contributed by atoms with Gasteiger partial charge in [-0.3, -0.25) is 14.5 Å². The largest absolute Gasteiger partial charge is 0.341 e. The van der Waals surface area contributed by atoms with E-state index < -0.39 is 0 Å². The van der Waals surface area contributed by atoms with Crippen molar-refractivity contribution in [1.82, 2.24) is 9.80 Å². The SMILES string of the molecule is CCCCN(CC(=O)N1CCC(=O)CC1)C1CC1. The first-order valence-corrected chi connectivity index (χ1v) is 7.24. The number of amides is 1. The highest BCUT2D eigenvalue weighted by molar-refractivity contribution is 5.84. The van der Waals surface area contributed by atoms with Gasteiger partial charge in [0.15, 0.2) is 0 Å². The molecule has 0 aromatic rings. The smallest absolute Gasteiger partial charge is 0.236 e. The monoisotopic (exact) mass is 252 g/mol. The van der Waals surface area contributed by atoms with E-state index in [1.54, 1.807) is 0 Å². The summed E-state index contributed by atoms with van der Waals surface area (Å²) in [5.41, 5.74) is 0. The molecule has 0 unspecified atom stereocenters. The number of carbonyl (C=O) groups excluding carboxylic acids is 2. The van der Waals surface area contributed by atoms with Gasteiger partial charge >= 0.3 is 0 Å². The number of rotatable bonds is 6. The van der Waals surface area contributed by atoms with Crippen LogP contribution in [-0.2, 0) is 9.59 Å². The van der Waals surface area contributed by atoms with Crippen LogP contribution in [-0.4, -0.2) is 53.7 Å². The Kier molecular flexibility index (Phi) is 4.75. The zero-order chi connectivity index (χ0) is 13.0. The van der Waals surface area contributed by atoms with Crippen molar-refractivity contribution >= 4 is 11.7 Å². The van der Waals surface area contributed by atoms with Gasteiger partial charge in [0.05, 0.1) is 6.54 Å².